The molecule has 0 spiro atoms. The minimum Gasteiger partial charge on any atom is -0.396 e. The Morgan fingerprint density at radius 3 is 2.62 bits per heavy atom. The van der Waals surface area contributed by atoms with Crippen LogP contribution in [0, 0.1) is 0 Å². The van der Waals surface area contributed by atoms with Gasteiger partial charge in [0.15, 0.2) is 0 Å². The number of aliphatic hydroxyl groups excluding tert-OH is 2. The molecular weight excluding hydrogens is 202 g/mol. The molecular formula is C13H25NO2. The molecule has 1 saturated carbocycles. The smallest absolute Gasteiger partial charge is 0.0695 e. The second-order valence-electron chi connectivity index (χ2n) is 5.32. The van der Waals surface area contributed by atoms with E-state index in [1.807, 2.05) is 0 Å². The lowest BCUT2D eigenvalue weighted by Gasteiger charge is -2.38. The fourth-order valence-corrected chi connectivity index (χ4v) is 3.41. The van der Waals surface area contributed by atoms with Gasteiger partial charge in [-0.1, -0.05) is 12.8 Å². The average Bonchev–Trinajstić information content (AvgIpc) is 2.75. The van der Waals surface area contributed by atoms with Crippen LogP contribution in [0.15, 0.2) is 0 Å². The van der Waals surface area contributed by atoms with E-state index in [1.54, 1.807) is 0 Å². The van der Waals surface area contributed by atoms with Gasteiger partial charge in [0.05, 0.1) is 6.10 Å². The summed E-state index contributed by atoms with van der Waals surface area (Å²) in [4.78, 5) is 2.53. The van der Waals surface area contributed by atoms with E-state index in [4.69, 9.17) is 5.11 Å². The van der Waals surface area contributed by atoms with E-state index in [2.05, 4.69) is 4.90 Å². The first kappa shape index (κ1) is 12.3. The van der Waals surface area contributed by atoms with Crippen molar-refractivity contribution in [2.45, 2.75) is 69.6 Å². The van der Waals surface area contributed by atoms with E-state index in [0.717, 1.165) is 32.2 Å². The molecule has 0 aromatic rings. The van der Waals surface area contributed by atoms with Gasteiger partial charge in [0.1, 0.15) is 0 Å². The number of hydrogen-bond acceptors (Lipinski definition) is 3. The summed E-state index contributed by atoms with van der Waals surface area (Å²) >= 11 is 0. The Bertz CT molecular complexity index is 210. The Morgan fingerprint density at radius 1 is 1.06 bits per heavy atom. The van der Waals surface area contributed by atoms with Crippen molar-refractivity contribution in [2.75, 3.05) is 13.2 Å². The van der Waals surface area contributed by atoms with Gasteiger partial charge in [-0.3, -0.25) is 4.90 Å². The summed E-state index contributed by atoms with van der Waals surface area (Å²) in [5, 5.41) is 19.0. The topological polar surface area (TPSA) is 43.7 Å². The molecule has 1 aliphatic carbocycles. The maximum Gasteiger partial charge on any atom is 0.0695 e. The molecule has 2 N–H and O–H groups in total. The van der Waals surface area contributed by atoms with Crippen molar-refractivity contribution in [1.82, 2.24) is 4.90 Å². The molecule has 1 aliphatic heterocycles. The first-order valence-corrected chi connectivity index (χ1v) is 6.87. The van der Waals surface area contributed by atoms with Crippen LogP contribution in [-0.4, -0.2) is 46.5 Å². The fraction of sp³-hybridized carbons (Fsp3) is 1.00. The molecule has 3 nitrogen and oxygen atoms in total. The third-order valence-electron chi connectivity index (χ3n) is 4.24. The van der Waals surface area contributed by atoms with Crippen LogP contribution in [0.4, 0.5) is 0 Å². The lowest BCUT2D eigenvalue weighted by atomic mass is 9.90. The van der Waals surface area contributed by atoms with Gasteiger partial charge in [-0.2, -0.15) is 0 Å². The zero-order chi connectivity index (χ0) is 11.4. The average molecular weight is 227 g/mol. The molecule has 0 amide bonds. The summed E-state index contributed by atoms with van der Waals surface area (Å²) in [6.45, 7) is 1.45. The third-order valence-corrected chi connectivity index (χ3v) is 4.24. The molecule has 0 aromatic carbocycles. The maximum absolute atomic E-state index is 10.1. The van der Waals surface area contributed by atoms with Gasteiger partial charge < -0.3 is 10.2 Å². The van der Waals surface area contributed by atoms with Gasteiger partial charge in [0.2, 0.25) is 0 Å². The summed E-state index contributed by atoms with van der Waals surface area (Å²) in [5.74, 6) is 0. The number of aliphatic hydroxyl groups is 2. The molecule has 3 atom stereocenters. The molecule has 2 aliphatic rings. The summed E-state index contributed by atoms with van der Waals surface area (Å²) < 4.78 is 0. The molecule has 16 heavy (non-hydrogen) atoms. The normalized spacial score (nSPS) is 36.8. The molecule has 3 unspecified atom stereocenters. The molecule has 0 bridgehead atoms. The third kappa shape index (κ3) is 2.76. The quantitative estimate of drug-likeness (QED) is 0.765. The van der Waals surface area contributed by atoms with Crippen LogP contribution in [-0.2, 0) is 0 Å². The monoisotopic (exact) mass is 227 g/mol. The number of nitrogens with zero attached hydrogens (tertiary/aromatic N) is 1. The Hall–Kier alpha value is -0.120. The van der Waals surface area contributed by atoms with Gasteiger partial charge >= 0.3 is 0 Å². The number of hydrogen-bond donors (Lipinski definition) is 2. The van der Waals surface area contributed by atoms with E-state index in [1.165, 1.54) is 25.7 Å². The number of likely N-dealkylation sites (tertiary alicyclic amines) is 1. The fourth-order valence-electron chi connectivity index (χ4n) is 3.41. The van der Waals surface area contributed by atoms with E-state index in [9.17, 15) is 5.11 Å². The molecule has 1 saturated heterocycles. The summed E-state index contributed by atoms with van der Waals surface area (Å²) in [6, 6.07) is 1.02. The molecule has 3 heteroatoms. The Kier molecular flexibility index (Phi) is 4.62. The van der Waals surface area contributed by atoms with Crippen LogP contribution in [0.25, 0.3) is 0 Å². The summed E-state index contributed by atoms with van der Waals surface area (Å²) in [6.07, 6.45) is 9.01. The molecule has 2 fully saturated rings. The van der Waals surface area contributed by atoms with Crippen molar-refractivity contribution >= 4 is 0 Å². The van der Waals surface area contributed by atoms with Crippen molar-refractivity contribution in [3.05, 3.63) is 0 Å². The zero-order valence-corrected chi connectivity index (χ0v) is 10.1. The van der Waals surface area contributed by atoms with Crippen LogP contribution in [0.1, 0.15) is 51.4 Å². The highest BCUT2D eigenvalue weighted by atomic mass is 16.3. The molecule has 0 radical (unpaired) electrons. The van der Waals surface area contributed by atoms with E-state index < -0.39 is 0 Å². The van der Waals surface area contributed by atoms with Crippen molar-refractivity contribution in [3.63, 3.8) is 0 Å². The van der Waals surface area contributed by atoms with Crippen molar-refractivity contribution in [2.24, 2.45) is 0 Å². The predicted molar refractivity (Wildman–Crippen MR) is 64.3 cm³/mol. The second-order valence-corrected chi connectivity index (χ2v) is 5.32. The molecule has 1 heterocycles. The first-order chi connectivity index (χ1) is 7.83. The molecule has 2 rings (SSSR count). The highest BCUT2D eigenvalue weighted by molar-refractivity contribution is 4.90. The van der Waals surface area contributed by atoms with Crippen LogP contribution < -0.4 is 0 Å². The van der Waals surface area contributed by atoms with Crippen LogP contribution in [0.3, 0.4) is 0 Å². The van der Waals surface area contributed by atoms with Crippen molar-refractivity contribution in [1.29, 1.82) is 0 Å². The largest absolute Gasteiger partial charge is 0.396 e. The lowest BCUT2D eigenvalue weighted by molar-refractivity contribution is 0.0111. The Labute approximate surface area is 98.5 Å². The Balaban J connectivity index is 1.90. The maximum atomic E-state index is 10.1. The van der Waals surface area contributed by atoms with Gasteiger partial charge in [-0.25, -0.2) is 0 Å². The van der Waals surface area contributed by atoms with E-state index >= 15 is 0 Å². The first-order valence-electron chi connectivity index (χ1n) is 6.87. The van der Waals surface area contributed by atoms with Gasteiger partial charge in [0, 0.05) is 18.7 Å². The second kappa shape index (κ2) is 5.99. The van der Waals surface area contributed by atoms with Crippen molar-refractivity contribution in [3.8, 4) is 0 Å². The van der Waals surface area contributed by atoms with Crippen molar-refractivity contribution < 1.29 is 10.2 Å². The molecule has 94 valence electrons. The summed E-state index contributed by atoms with van der Waals surface area (Å²) in [7, 11) is 0. The predicted octanol–water partition coefficient (Wildman–Crippen LogP) is 1.53. The standard InChI is InChI=1S/C13H25NO2/c15-10-4-6-11-5-3-9-14(11)12-7-1-2-8-13(12)16/h11-13,15-16H,1-10H2. The highest BCUT2D eigenvalue weighted by Gasteiger charge is 2.35. The molecule has 0 aromatic heterocycles. The van der Waals surface area contributed by atoms with E-state index in [-0.39, 0.29) is 6.10 Å². The SMILES string of the molecule is OCCCC1CCCN1C1CCCCC1O. The van der Waals surface area contributed by atoms with Gasteiger partial charge in [0.25, 0.3) is 0 Å². The van der Waals surface area contributed by atoms with Crippen LogP contribution in [0.2, 0.25) is 0 Å². The lowest BCUT2D eigenvalue weighted by Crippen LogP contribution is -2.47. The minimum atomic E-state index is -0.108. The van der Waals surface area contributed by atoms with Gasteiger partial charge in [-0.15, -0.1) is 0 Å². The van der Waals surface area contributed by atoms with Gasteiger partial charge in [-0.05, 0) is 45.1 Å². The summed E-state index contributed by atoms with van der Waals surface area (Å²) in [5.41, 5.74) is 0. The minimum absolute atomic E-state index is 0.108. The van der Waals surface area contributed by atoms with Crippen LogP contribution in [0.5, 0.6) is 0 Å². The zero-order valence-electron chi connectivity index (χ0n) is 10.1. The van der Waals surface area contributed by atoms with Crippen LogP contribution >= 0.6 is 0 Å². The van der Waals surface area contributed by atoms with E-state index in [0.29, 0.717) is 18.7 Å². The highest BCUT2D eigenvalue weighted by Crippen LogP contribution is 2.31. The number of rotatable bonds is 4. The Morgan fingerprint density at radius 2 is 1.88 bits per heavy atom.